The van der Waals surface area contributed by atoms with Crippen LogP contribution in [0.25, 0.3) is 0 Å². The summed E-state index contributed by atoms with van der Waals surface area (Å²) in [6, 6.07) is 18.2. The fourth-order valence-corrected chi connectivity index (χ4v) is 2.22. The van der Waals surface area contributed by atoms with Crippen LogP contribution in [0.1, 0.15) is 17.2 Å². The molecule has 1 N–H and O–H groups in total. The summed E-state index contributed by atoms with van der Waals surface area (Å²) in [5, 5.41) is 9.31. The third-order valence-electron chi connectivity index (χ3n) is 3.19. The van der Waals surface area contributed by atoms with Gasteiger partial charge in [0.15, 0.2) is 0 Å². The van der Waals surface area contributed by atoms with Crippen molar-refractivity contribution in [1.82, 2.24) is 0 Å². The SMILES string of the molecule is O=C(O)C1OC(c2ccccc2)=N[C@@H]1c1ccccc1. The van der Waals surface area contributed by atoms with Crippen LogP contribution in [0.15, 0.2) is 65.7 Å². The smallest absolute Gasteiger partial charge is 0.347 e. The predicted molar refractivity (Wildman–Crippen MR) is 74.7 cm³/mol. The normalized spacial score (nSPS) is 21.1. The topological polar surface area (TPSA) is 58.9 Å². The Morgan fingerprint density at radius 2 is 1.60 bits per heavy atom. The van der Waals surface area contributed by atoms with E-state index < -0.39 is 18.1 Å². The zero-order valence-electron chi connectivity index (χ0n) is 10.6. The van der Waals surface area contributed by atoms with Gasteiger partial charge in [-0.3, -0.25) is 0 Å². The minimum absolute atomic E-state index is 0.381. The third-order valence-corrected chi connectivity index (χ3v) is 3.19. The molecule has 0 aromatic heterocycles. The van der Waals surface area contributed by atoms with Crippen LogP contribution in [0.4, 0.5) is 0 Å². The molecule has 0 aliphatic carbocycles. The number of carbonyl (C=O) groups is 1. The Bertz CT molecular complexity index is 637. The molecule has 100 valence electrons. The van der Waals surface area contributed by atoms with Crippen LogP contribution < -0.4 is 0 Å². The number of carboxylic acid groups (broad SMARTS) is 1. The third kappa shape index (κ3) is 2.28. The van der Waals surface area contributed by atoms with E-state index in [1.807, 2.05) is 60.7 Å². The van der Waals surface area contributed by atoms with Crippen molar-refractivity contribution in [2.75, 3.05) is 0 Å². The van der Waals surface area contributed by atoms with Gasteiger partial charge in [-0.15, -0.1) is 0 Å². The summed E-state index contributed by atoms with van der Waals surface area (Å²) in [5.74, 6) is -0.625. The lowest BCUT2D eigenvalue weighted by atomic mass is 10.0. The first-order valence-corrected chi connectivity index (χ1v) is 6.33. The molecule has 0 fully saturated rings. The molecule has 2 aromatic rings. The van der Waals surface area contributed by atoms with Gasteiger partial charge in [-0.25, -0.2) is 9.79 Å². The molecule has 4 heteroatoms. The molecule has 0 bridgehead atoms. The van der Waals surface area contributed by atoms with Crippen molar-refractivity contribution in [3.63, 3.8) is 0 Å². The fraction of sp³-hybridized carbons (Fsp3) is 0.125. The van der Waals surface area contributed by atoms with E-state index in [4.69, 9.17) is 4.74 Å². The predicted octanol–water partition coefficient (Wildman–Crippen LogP) is 2.66. The van der Waals surface area contributed by atoms with Crippen LogP contribution in [0, 0.1) is 0 Å². The van der Waals surface area contributed by atoms with Gasteiger partial charge in [-0.2, -0.15) is 0 Å². The van der Waals surface area contributed by atoms with Gasteiger partial charge in [0.25, 0.3) is 0 Å². The van der Waals surface area contributed by atoms with Crippen LogP contribution >= 0.6 is 0 Å². The number of nitrogens with zero attached hydrogens (tertiary/aromatic N) is 1. The number of hydrogen-bond acceptors (Lipinski definition) is 3. The Hall–Kier alpha value is -2.62. The molecule has 2 atom stereocenters. The van der Waals surface area contributed by atoms with Gasteiger partial charge >= 0.3 is 5.97 Å². The number of carboxylic acids is 1. The number of rotatable bonds is 3. The van der Waals surface area contributed by atoms with Gasteiger partial charge in [-0.05, 0) is 17.7 Å². The molecular weight excluding hydrogens is 254 g/mol. The van der Waals surface area contributed by atoms with Crippen molar-refractivity contribution < 1.29 is 14.6 Å². The Morgan fingerprint density at radius 1 is 1.00 bits per heavy atom. The molecular formula is C16H13NO3. The molecule has 0 amide bonds. The molecule has 3 rings (SSSR count). The number of aliphatic imine (C=N–C) groups is 1. The monoisotopic (exact) mass is 267 g/mol. The van der Waals surface area contributed by atoms with Crippen molar-refractivity contribution in [2.45, 2.75) is 12.1 Å². The van der Waals surface area contributed by atoms with Gasteiger partial charge in [-0.1, -0.05) is 48.5 Å². The van der Waals surface area contributed by atoms with Crippen molar-refractivity contribution in [2.24, 2.45) is 4.99 Å². The molecule has 2 aromatic carbocycles. The first kappa shape index (κ1) is 12.4. The van der Waals surface area contributed by atoms with Gasteiger partial charge in [0, 0.05) is 5.56 Å². The zero-order chi connectivity index (χ0) is 13.9. The summed E-state index contributed by atoms with van der Waals surface area (Å²) in [5.41, 5.74) is 1.63. The van der Waals surface area contributed by atoms with Crippen LogP contribution in [0.3, 0.4) is 0 Å². The fourth-order valence-electron chi connectivity index (χ4n) is 2.22. The van der Waals surface area contributed by atoms with Crippen LogP contribution in [0.2, 0.25) is 0 Å². The Kier molecular flexibility index (Phi) is 3.21. The van der Waals surface area contributed by atoms with E-state index in [1.54, 1.807) is 0 Å². The quantitative estimate of drug-likeness (QED) is 0.930. The van der Waals surface area contributed by atoms with E-state index in [-0.39, 0.29) is 0 Å². The van der Waals surface area contributed by atoms with E-state index >= 15 is 0 Å². The first-order chi connectivity index (χ1) is 9.75. The van der Waals surface area contributed by atoms with Crippen LogP contribution in [-0.2, 0) is 9.53 Å². The van der Waals surface area contributed by atoms with Gasteiger partial charge in [0.05, 0.1) is 0 Å². The van der Waals surface area contributed by atoms with Crippen molar-refractivity contribution >= 4 is 11.9 Å². The molecule has 1 heterocycles. The highest BCUT2D eigenvalue weighted by atomic mass is 16.5. The molecule has 20 heavy (non-hydrogen) atoms. The molecule has 0 radical (unpaired) electrons. The minimum atomic E-state index is -1.01. The maximum Gasteiger partial charge on any atom is 0.347 e. The lowest BCUT2D eigenvalue weighted by Crippen LogP contribution is -2.26. The number of aliphatic carboxylic acids is 1. The maximum absolute atomic E-state index is 11.4. The van der Waals surface area contributed by atoms with E-state index in [9.17, 15) is 9.90 Å². The molecule has 1 aliphatic rings. The van der Waals surface area contributed by atoms with E-state index in [1.165, 1.54) is 0 Å². The molecule has 1 aliphatic heterocycles. The Morgan fingerprint density at radius 3 is 2.20 bits per heavy atom. The second kappa shape index (κ2) is 5.17. The first-order valence-electron chi connectivity index (χ1n) is 6.33. The summed E-state index contributed by atoms with van der Waals surface area (Å²) in [6.45, 7) is 0. The second-order valence-corrected chi connectivity index (χ2v) is 4.53. The molecule has 0 spiro atoms. The van der Waals surface area contributed by atoms with Gasteiger partial charge in [0.2, 0.25) is 12.0 Å². The molecule has 0 saturated heterocycles. The lowest BCUT2D eigenvalue weighted by molar-refractivity contribution is -0.145. The van der Waals surface area contributed by atoms with Crippen molar-refractivity contribution in [3.05, 3.63) is 71.8 Å². The van der Waals surface area contributed by atoms with Crippen molar-refractivity contribution in [3.8, 4) is 0 Å². The largest absolute Gasteiger partial charge is 0.478 e. The average molecular weight is 267 g/mol. The lowest BCUT2D eigenvalue weighted by Gasteiger charge is -2.13. The summed E-state index contributed by atoms with van der Waals surface area (Å²) < 4.78 is 5.53. The van der Waals surface area contributed by atoms with Gasteiger partial charge < -0.3 is 9.84 Å². The van der Waals surface area contributed by atoms with Crippen LogP contribution in [-0.4, -0.2) is 23.1 Å². The van der Waals surface area contributed by atoms with E-state index in [0.29, 0.717) is 5.90 Å². The zero-order valence-corrected chi connectivity index (χ0v) is 10.6. The summed E-state index contributed by atoms with van der Waals surface area (Å²) in [4.78, 5) is 15.8. The highest BCUT2D eigenvalue weighted by molar-refractivity contribution is 5.97. The highest BCUT2D eigenvalue weighted by Crippen LogP contribution is 2.31. The molecule has 4 nitrogen and oxygen atoms in total. The van der Waals surface area contributed by atoms with E-state index in [2.05, 4.69) is 4.99 Å². The second-order valence-electron chi connectivity index (χ2n) is 4.53. The van der Waals surface area contributed by atoms with Crippen LogP contribution in [0.5, 0.6) is 0 Å². The standard InChI is InChI=1S/C16H13NO3/c18-16(19)14-13(11-7-3-1-4-8-11)17-15(20-14)12-9-5-2-6-10-12/h1-10,13-14H,(H,18,19)/t13-,14?/m1/s1. The Balaban J connectivity index is 1.98. The molecule has 0 saturated carbocycles. The van der Waals surface area contributed by atoms with Gasteiger partial charge in [0.1, 0.15) is 6.04 Å². The molecule has 1 unspecified atom stereocenters. The summed E-state index contributed by atoms with van der Waals surface area (Å²) in [6.07, 6.45) is -0.979. The highest BCUT2D eigenvalue weighted by Gasteiger charge is 2.38. The summed E-state index contributed by atoms with van der Waals surface area (Å²) in [7, 11) is 0. The number of ether oxygens (including phenoxy) is 1. The summed E-state index contributed by atoms with van der Waals surface area (Å²) >= 11 is 0. The van der Waals surface area contributed by atoms with E-state index in [0.717, 1.165) is 11.1 Å². The number of benzene rings is 2. The minimum Gasteiger partial charge on any atom is -0.478 e. The average Bonchev–Trinajstić information content (AvgIpc) is 2.94. The number of hydrogen-bond donors (Lipinski definition) is 1. The Labute approximate surface area is 116 Å². The van der Waals surface area contributed by atoms with Crippen molar-refractivity contribution in [1.29, 1.82) is 0 Å². The maximum atomic E-state index is 11.4.